The number of aliphatic hydroxyl groups is 2. The minimum Gasteiger partial charge on any atom is -0.481 e. The van der Waals surface area contributed by atoms with Crippen LogP contribution in [0.15, 0.2) is 135 Å². The highest BCUT2D eigenvalue weighted by Crippen LogP contribution is 2.41. The van der Waals surface area contributed by atoms with Crippen molar-refractivity contribution < 1.29 is 71.8 Å². The van der Waals surface area contributed by atoms with Gasteiger partial charge in [0.2, 0.25) is 0 Å². The van der Waals surface area contributed by atoms with Crippen LogP contribution in [0.4, 0.5) is 34.1 Å². The second-order valence-corrected chi connectivity index (χ2v) is 25.2. The first kappa shape index (κ1) is 67.3. The Morgan fingerprint density at radius 3 is 1.48 bits per heavy atom. The van der Waals surface area contributed by atoms with Crippen LogP contribution in [0.25, 0.3) is 0 Å². The molecular formula is C65H66ClF3N12O12S2. The van der Waals surface area contributed by atoms with E-state index in [-0.39, 0.29) is 96.2 Å². The summed E-state index contributed by atoms with van der Waals surface area (Å²) in [5.41, 5.74) is 4.71. The third-order valence-electron chi connectivity index (χ3n) is 17.7. The van der Waals surface area contributed by atoms with Gasteiger partial charge < -0.3 is 50.3 Å². The van der Waals surface area contributed by atoms with Crippen molar-refractivity contribution in [2.75, 3.05) is 89.6 Å². The fourth-order valence-corrected chi connectivity index (χ4v) is 14.3. The highest BCUT2D eigenvalue weighted by atomic mass is 35.5. The number of urea groups is 2. The number of anilines is 2. The highest BCUT2D eigenvalue weighted by Gasteiger charge is 2.49. The zero-order valence-corrected chi connectivity index (χ0v) is 53.9. The summed E-state index contributed by atoms with van der Waals surface area (Å²) in [5, 5.41) is 50.3. The van der Waals surface area contributed by atoms with Crippen molar-refractivity contribution in [1.82, 2.24) is 40.2 Å². The third-order valence-corrected chi connectivity index (χ3v) is 19.7. The van der Waals surface area contributed by atoms with Crippen molar-refractivity contribution in [3.05, 3.63) is 185 Å². The van der Waals surface area contributed by atoms with E-state index in [1.165, 1.54) is 62.0 Å². The number of nitrogens with one attached hydrogen (secondary N) is 2. The predicted molar refractivity (Wildman–Crippen MR) is 346 cm³/mol. The van der Waals surface area contributed by atoms with Crippen molar-refractivity contribution in [2.45, 2.75) is 68.9 Å². The number of aliphatic carboxylic acids is 2. The number of carboxylic acids is 2. The summed E-state index contributed by atoms with van der Waals surface area (Å²) >= 11 is 9.06. The summed E-state index contributed by atoms with van der Waals surface area (Å²) in [4.78, 5) is 105. The molecule has 8 heterocycles. The number of aromatic nitrogens is 2. The Labute approximate surface area is 555 Å². The number of amidine groups is 2. The number of aryl methyl sites for hydroxylation is 2. The number of aliphatic imine (C=N–C) groups is 2. The smallest absolute Gasteiger partial charge is 0.338 e. The lowest BCUT2D eigenvalue weighted by molar-refractivity contribution is -0.138. The molecule has 30 heteroatoms. The number of piperazine rings is 2. The van der Waals surface area contributed by atoms with Crippen LogP contribution >= 0.6 is 34.3 Å². The van der Waals surface area contributed by atoms with Gasteiger partial charge in [0.1, 0.15) is 17.9 Å². The molecule has 0 bridgehead atoms. The van der Waals surface area contributed by atoms with Gasteiger partial charge in [-0.3, -0.25) is 39.2 Å². The molecule has 6 aliphatic heterocycles. The molecule has 4 saturated heterocycles. The average molecular weight is 1360 g/mol. The topological polar surface area (TPSA) is 296 Å². The number of esters is 2. The first-order chi connectivity index (χ1) is 45.8. The van der Waals surface area contributed by atoms with E-state index in [9.17, 15) is 52.2 Å². The zero-order chi connectivity index (χ0) is 67.4. The fourth-order valence-electron chi connectivity index (χ4n) is 12.9. The Kier molecular flexibility index (Phi) is 20.7. The summed E-state index contributed by atoms with van der Waals surface area (Å²) in [6.45, 7) is 3.27. The molecule has 0 radical (unpaired) electrons. The van der Waals surface area contributed by atoms with E-state index in [1.54, 1.807) is 85.2 Å². The Morgan fingerprint density at radius 2 is 1.07 bits per heavy atom. The van der Waals surface area contributed by atoms with E-state index in [2.05, 4.69) is 20.6 Å². The van der Waals surface area contributed by atoms with E-state index >= 15 is 0 Å². The quantitative estimate of drug-likeness (QED) is 0.0433. The molecule has 6 N–H and O–H groups in total. The number of aliphatic hydroxyl groups excluding tert-OH is 2. The number of halogens is 4. The van der Waals surface area contributed by atoms with E-state index in [4.69, 9.17) is 41.3 Å². The lowest BCUT2D eigenvalue weighted by Crippen LogP contribution is -2.61. The summed E-state index contributed by atoms with van der Waals surface area (Å²) < 4.78 is 54.0. The Hall–Kier alpha value is -9.10. The Balaban J connectivity index is 0.000000193. The van der Waals surface area contributed by atoms with Crippen LogP contribution in [0.2, 0.25) is 5.02 Å². The monoisotopic (exact) mass is 1360 g/mol. The summed E-state index contributed by atoms with van der Waals surface area (Å²) in [6, 6.07) is 17.0. The van der Waals surface area contributed by atoms with Crippen LogP contribution in [0.1, 0.15) is 62.8 Å². The molecule has 6 aromatic rings. The number of carboxylic acid groups (broad SMARTS) is 2. The molecule has 12 rings (SSSR count). The van der Waals surface area contributed by atoms with Gasteiger partial charge in [-0.25, -0.2) is 42.3 Å². The van der Waals surface area contributed by atoms with Crippen LogP contribution in [-0.2, 0) is 41.5 Å². The van der Waals surface area contributed by atoms with Gasteiger partial charge in [0.05, 0.1) is 67.8 Å². The van der Waals surface area contributed by atoms with Crippen molar-refractivity contribution >= 4 is 93.3 Å². The molecule has 24 nitrogen and oxygen atoms in total. The van der Waals surface area contributed by atoms with Crippen LogP contribution in [0, 0.1) is 24.4 Å². The van der Waals surface area contributed by atoms with Gasteiger partial charge in [-0.2, -0.15) is 0 Å². The van der Waals surface area contributed by atoms with Gasteiger partial charge in [0, 0.05) is 117 Å². The summed E-state index contributed by atoms with van der Waals surface area (Å²) in [5.74, 6) is -5.13. The third kappa shape index (κ3) is 14.0. The standard InChI is InChI=1S/C33H34F2N6O6S.C32H32ClFN6O6S/c1-18-21(8-9-22(34)28(18)35)29-27(32(45)47-2)23(37-30(38-29)31-36-11-14-48-31)15-39-12-13-40-24(25(39)17-42)16-41(33(40)46)20-6-3-19(4-7-20)5-10-26(43)44;1-46-31(44)26-22(36-29(30-35-11-14-47-30)37-28(26)20-3-2-4-21(34)27(20)33)15-38-12-13-39-23(24(38)17-41)16-40(32(39)45)19-8-5-18(6-9-19)7-10-25(42)43/h3-4,6-9,11,14,24-25,29,42H,5,10,12-13,15-17H2,1-2H3,(H,37,38)(H,43,44);2-6,8-9,11,14,23-24,28,41H,7,10,12-13,15-17H2,1H3,(H,36,37)(H,42,43)/t24-,25-,29+;23-,24-,28+/m11/s1. The minimum absolute atomic E-state index is 0.00576. The van der Waals surface area contributed by atoms with Crippen molar-refractivity contribution in [3.63, 3.8) is 0 Å². The van der Waals surface area contributed by atoms with Crippen LogP contribution < -0.4 is 20.4 Å². The number of carbonyl (C=O) groups excluding carboxylic acids is 4. The number of thiazole rings is 2. The second-order valence-electron chi connectivity index (χ2n) is 23.0. The van der Waals surface area contributed by atoms with E-state index in [1.807, 2.05) is 21.9 Å². The summed E-state index contributed by atoms with van der Waals surface area (Å²) in [7, 11) is 2.48. The molecule has 498 valence electrons. The molecule has 6 aliphatic rings. The maximum atomic E-state index is 14.8. The lowest BCUT2D eigenvalue weighted by atomic mass is 9.91. The van der Waals surface area contributed by atoms with Gasteiger partial charge in [-0.1, -0.05) is 54.1 Å². The molecule has 6 atom stereocenters. The number of hydrogen-bond acceptors (Lipinski definition) is 20. The number of nitrogens with zero attached hydrogens (tertiary/aromatic N) is 10. The number of methoxy groups -OCH3 is 2. The number of carbonyl (C=O) groups is 6. The molecular weight excluding hydrogens is 1300 g/mol. The molecule has 4 fully saturated rings. The maximum absolute atomic E-state index is 14.8. The molecule has 0 spiro atoms. The van der Waals surface area contributed by atoms with Crippen LogP contribution in [0.3, 0.4) is 0 Å². The summed E-state index contributed by atoms with van der Waals surface area (Å²) in [6.07, 6.45) is 4.02. The first-order valence-electron chi connectivity index (χ1n) is 30.3. The number of amides is 4. The van der Waals surface area contributed by atoms with E-state index < -0.39 is 65.5 Å². The number of fused-ring (bicyclic) bond motifs is 2. The molecule has 4 amide bonds. The minimum atomic E-state index is -1.04. The van der Waals surface area contributed by atoms with E-state index in [0.717, 1.165) is 17.2 Å². The highest BCUT2D eigenvalue weighted by molar-refractivity contribution is 7.12. The number of hydrogen-bond donors (Lipinski definition) is 6. The number of rotatable bonds is 20. The lowest BCUT2D eigenvalue weighted by Gasteiger charge is -2.43. The van der Waals surface area contributed by atoms with Crippen molar-refractivity contribution in [2.24, 2.45) is 9.98 Å². The molecule has 0 saturated carbocycles. The normalized spacial score (nSPS) is 21.3. The van der Waals surface area contributed by atoms with Gasteiger partial charge in [0.25, 0.3) is 0 Å². The fraction of sp³-hybridized carbons (Fsp3) is 0.354. The maximum Gasteiger partial charge on any atom is 0.338 e. The molecule has 0 unspecified atom stereocenters. The first-order valence-corrected chi connectivity index (χ1v) is 32.4. The van der Waals surface area contributed by atoms with Gasteiger partial charge in [-0.15, -0.1) is 22.7 Å². The molecule has 0 aliphatic carbocycles. The van der Waals surface area contributed by atoms with Gasteiger partial charge in [0.15, 0.2) is 33.3 Å². The number of benzene rings is 4. The van der Waals surface area contributed by atoms with Crippen molar-refractivity contribution in [3.8, 4) is 0 Å². The Morgan fingerprint density at radius 1 is 0.621 bits per heavy atom. The van der Waals surface area contributed by atoms with Crippen LogP contribution in [-0.4, -0.2) is 202 Å². The SMILES string of the molecule is COC(=O)C1=C(CN2CCN3C(=O)N(c4ccc(CCC(=O)O)cc4)C[C@@H]3[C@H]2CO)NC(c2nccs2)=N[C@H]1c1ccc(F)c(F)c1C.COC(=O)C1=C(CN2CCN3C(=O)N(c4ccc(CCC(=O)O)cc4)C[C@@H]3[C@H]2CO)NC(c2nccs2)=N[C@H]1c1cccc(F)c1Cl. The average Bonchev–Trinajstić information content (AvgIpc) is 1.76. The zero-order valence-electron chi connectivity index (χ0n) is 51.5. The predicted octanol–water partition coefficient (Wildman–Crippen LogP) is 6.71. The molecule has 4 aromatic carbocycles. The second kappa shape index (κ2) is 29.3. The van der Waals surface area contributed by atoms with E-state index in [0.29, 0.717) is 96.6 Å². The van der Waals surface area contributed by atoms with Gasteiger partial charge >= 0.3 is 35.9 Å². The molecule has 95 heavy (non-hydrogen) atoms. The van der Waals surface area contributed by atoms with Crippen LogP contribution in [0.5, 0.6) is 0 Å². The molecule has 2 aromatic heterocycles. The Bertz CT molecular complexity index is 4030. The van der Waals surface area contributed by atoms with Gasteiger partial charge in [-0.05, 0) is 78.4 Å². The number of ether oxygens (including phenoxy) is 2. The van der Waals surface area contributed by atoms with Crippen molar-refractivity contribution in [1.29, 1.82) is 0 Å². The largest absolute Gasteiger partial charge is 0.481 e.